The molecule has 16 heavy (non-hydrogen) atoms. The zero-order chi connectivity index (χ0) is 11.8. The number of allylic oxidation sites excluding steroid dienone is 1. The van der Waals surface area contributed by atoms with Gasteiger partial charge in [0.05, 0.1) is 6.54 Å². The number of likely N-dealkylation sites (tertiary alicyclic amines) is 1. The van der Waals surface area contributed by atoms with Crippen LogP contribution in [-0.2, 0) is 4.79 Å². The maximum absolute atomic E-state index is 9.84. The molecule has 0 atom stereocenters. The molecule has 0 radical (unpaired) electrons. The van der Waals surface area contributed by atoms with Crippen LogP contribution in [-0.4, -0.2) is 36.7 Å². The highest BCUT2D eigenvalue weighted by Gasteiger charge is 2.19. The average molecular weight is 222 g/mol. The minimum atomic E-state index is 0.480. The molecule has 3 nitrogen and oxygen atoms in total. The predicted molar refractivity (Wildman–Crippen MR) is 66.2 cm³/mol. The van der Waals surface area contributed by atoms with Crippen molar-refractivity contribution in [2.24, 2.45) is 10.9 Å². The van der Waals surface area contributed by atoms with Crippen molar-refractivity contribution < 1.29 is 4.79 Å². The fraction of sp³-hybridized carbons (Fsp3) is 0.769. The van der Waals surface area contributed by atoms with E-state index in [1.165, 1.54) is 25.9 Å². The molecule has 0 amide bonds. The molecule has 1 fully saturated rings. The van der Waals surface area contributed by atoms with Crippen molar-refractivity contribution in [3.8, 4) is 0 Å². The van der Waals surface area contributed by atoms with Crippen LogP contribution >= 0.6 is 0 Å². The van der Waals surface area contributed by atoms with E-state index in [0.717, 1.165) is 12.3 Å². The Morgan fingerprint density at radius 2 is 2.06 bits per heavy atom. The first-order valence-electron chi connectivity index (χ1n) is 6.16. The number of nitrogens with zero attached hydrogens (tertiary/aromatic N) is 2. The molecule has 0 bridgehead atoms. The van der Waals surface area contributed by atoms with Gasteiger partial charge in [-0.05, 0) is 52.1 Å². The van der Waals surface area contributed by atoms with Gasteiger partial charge in [-0.15, -0.1) is 0 Å². The van der Waals surface area contributed by atoms with E-state index in [1.807, 2.05) is 6.08 Å². The summed E-state index contributed by atoms with van der Waals surface area (Å²) in [7, 11) is 0. The van der Waals surface area contributed by atoms with Crippen LogP contribution in [0.2, 0.25) is 0 Å². The molecular weight excluding hydrogens is 200 g/mol. The van der Waals surface area contributed by atoms with Gasteiger partial charge in [0.15, 0.2) is 0 Å². The summed E-state index contributed by atoms with van der Waals surface area (Å²) in [5.74, 6) is 0.812. The molecule has 1 rings (SSSR count). The molecule has 0 N–H and O–H groups in total. The summed E-state index contributed by atoms with van der Waals surface area (Å²) in [6, 6.07) is 0.679. The van der Waals surface area contributed by atoms with E-state index in [4.69, 9.17) is 0 Å². The summed E-state index contributed by atoms with van der Waals surface area (Å²) >= 11 is 0. The average Bonchev–Trinajstić information content (AvgIpc) is 2.29. The first kappa shape index (κ1) is 13.1. The van der Waals surface area contributed by atoms with Gasteiger partial charge in [-0.3, -0.25) is 0 Å². The van der Waals surface area contributed by atoms with Crippen LogP contribution < -0.4 is 0 Å². The lowest BCUT2D eigenvalue weighted by Crippen LogP contribution is -2.38. The molecule has 0 saturated carbocycles. The van der Waals surface area contributed by atoms with Crippen molar-refractivity contribution in [3.05, 3.63) is 12.2 Å². The number of isocyanates is 1. The molecule has 1 heterocycles. The summed E-state index contributed by atoms with van der Waals surface area (Å²) in [4.78, 5) is 15.9. The summed E-state index contributed by atoms with van der Waals surface area (Å²) in [5, 5.41) is 0. The minimum absolute atomic E-state index is 0.480. The summed E-state index contributed by atoms with van der Waals surface area (Å²) in [6.07, 6.45) is 9.36. The van der Waals surface area contributed by atoms with Crippen LogP contribution in [0, 0.1) is 5.92 Å². The quantitative estimate of drug-likeness (QED) is 0.406. The normalized spacial score (nSPS) is 19.2. The number of aliphatic imine (C=N–C) groups is 1. The number of hydrogen-bond acceptors (Lipinski definition) is 3. The van der Waals surface area contributed by atoms with Crippen LogP contribution in [0.25, 0.3) is 0 Å². The van der Waals surface area contributed by atoms with Gasteiger partial charge in [0, 0.05) is 6.04 Å². The molecule has 1 aliphatic rings. The fourth-order valence-corrected chi connectivity index (χ4v) is 2.16. The Morgan fingerprint density at radius 1 is 1.38 bits per heavy atom. The van der Waals surface area contributed by atoms with Gasteiger partial charge < -0.3 is 4.90 Å². The van der Waals surface area contributed by atoms with Gasteiger partial charge in [0.1, 0.15) is 0 Å². The van der Waals surface area contributed by atoms with Gasteiger partial charge in [-0.2, -0.15) is 0 Å². The number of hydrogen-bond donors (Lipinski definition) is 0. The lowest BCUT2D eigenvalue weighted by molar-refractivity contribution is 0.150. The van der Waals surface area contributed by atoms with Crippen molar-refractivity contribution in [1.82, 2.24) is 4.90 Å². The molecule has 0 aromatic carbocycles. The molecule has 0 aromatic rings. The molecule has 1 saturated heterocycles. The maximum atomic E-state index is 9.84. The molecule has 90 valence electrons. The maximum Gasteiger partial charge on any atom is 0.235 e. The van der Waals surface area contributed by atoms with Gasteiger partial charge >= 0.3 is 0 Å². The highest BCUT2D eigenvalue weighted by atomic mass is 16.1. The van der Waals surface area contributed by atoms with E-state index < -0.39 is 0 Å². The first-order valence-corrected chi connectivity index (χ1v) is 6.16. The lowest BCUT2D eigenvalue weighted by Gasteiger charge is -2.34. The van der Waals surface area contributed by atoms with Crippen LogP contribution in [0.1, 0.15) is 33.1 Å². The molecule has 0 spiro atoms. The Labute approximate surface area is 98.2 Å². The van der Waals surface area contributed by atoms with Gasteiger partial charge in [0.25, 0.3) is 0 Å². The Hall–Kier alpha value is -0.920. The third-order valence-electron chi connectivity index (χ3n) is 3.28. The largest absolute Gasteiger partial charge is 0.301 e. The molecule has 1 aliphatic heterocycles. The summed E-state index contributed by atoms with van der Waals surface area (Å²) < 4.78 is 0. The predicted octanol–water partition coefficient (Wildman–Crippen LogP) is 2.39. The molecule has 3 heteroatoms. The van der Waals surface area contributed by atoms with Crippen LogP contribution in [0.15, 0.2) is 17.1 Å². The second-order valence-electron chi connectivity index (χ2n) is 4.71. The van der Waals surface area contributed by atoms with E-state index in [0.29, 0.717) is 12.6 Å². The number of carbonyl (C=O) groups excluding carboxylic acids is 1. The number of rotatable bonds is 5. The second-order valence-corrected chi connectivity index (χ2v) is 4.71. The lowest BCUT2D eigenvalue weighted by atomic mass is 9.93. The van der Waals surface area contributed by atoms with Crippen molar-refractivity contribution in [1.29, 1.82) is 0 Å². The van der Waals surface area contributed by atoms with E-state index in [2.05, 4.69) is 29.8 Å². The fourth-order valence-electron chi connectivity index (χ4n) is 2.16. The van der Waals surface area contributed by atoms with Gasteiger partial charge in [-0.1, -0.05) is 12.2 Å². The third-order valence-corrected chi connectivity index (χ3v) is 3.28. The van der Waals surface area contributed by atoms with Crippen molar-refractivity contribution in [2.45, 2.75) is 39.2 Å². The summed E-state index contributed by atoms with van der Waals surface area (Å²) in [5.41, 5.74) is 0. The molecular formula is C13H22N2O. The Morgan fingerprint density at radius 3 is 2.62 bits per heavy atom. The van der Waals surface area contributed by atoms with Crippen LogP contribution in [0.3, 0.4) is 0 Å². The topological polar surface area (TPSA) is 32.7 Å². The van der Waals surface area contributed by atoms with E-state index in [1.54, 1.807) is 6.08 Å². The SMILES string of the molecule is CC(C)N1CCC(C/C=C\CN=C=O)CC1. The monoisotopic (exact) mass is 222 g/mol. The standard InChI is InChI=1S/C13H22N2O/c1-12(2)15-9-6-13(7-10-15)5-3-4-8-14-11-16/h3-4,12-13H,5-10H2,1-2H3/b4-3-. The highest BCUT2D eigenvalue weighted by molar-refractivity contribution is 5.33. The first-order chi connectivity index (χ1) is 7.74. The summed E-state index contributed by atoms with van der Waals surface area (Å²) in [6.45, 7) is 7.45. The third kappa shape index (κ3) is 4.73. The van der Waals surface area contributed by atoms with Crippen molar-refractivity contribution >= 4 is 6.08 Å². The van der Waals surface area contributed by atoms with Crippen LogP contribution in [0.4, 0.5) is 0 Å². The van der Waals surface area contributed by atoms with Crippen molar-refractivity contribution in [3.63, 3.8) is 0 Å². The van der Waals surface area contributed by atoms with Gasteiger partial charge in [0.2, 0.25) is 6.08 Å². The van der Waals surface area contributed by atoms with E-state index in [-0.39, 0.29) is 0 Å². The zero-order valence-electron chi connectivity index (χ0n) is 10.4. The molecule has 0 aromatic heterocycles. The van der Waals surface area contributed by atoms with Crippen LogP contribution in [0.5, 0.6) is 0 Å². The Bertz CT molecular complexity index is 259. The van der Waals surface area contributed by atoms with E-state index in [9.17, 15) is 4.79 Å². The second kappa shape index (κ2) is 7.37. The van der Waals surface area contributed by atoms with E-state index >= 15 is 0 Å². The smallest absolute Gasteiger partial charge is 0.235 e. The van der Waals surface area contributed by atoms with Gasteiger partial charge in [-0.25, -0.2) is 9.79 Å². The molecule has 0 unspecified atom stereocenters. The van der Waals surface area contributed by atoms with Crippen molar-refractivity contribution in [2.75, 3.05) is 19.6 Å². The Kier molecular flexibility index (Phi) is 6.05. The highest BCUT2D eigenvalue weighted by Crippen LogP contribution is 2.21. The minimum Gasteiger partial charge on any atom is -0.301 e. The number of piperidine rings is 1. The molecule has 0 aliphatic carbocycles. The zero-order valence-corrected chi connectivity index (χ0v) is 10.4. The Balaban J connectivity index is 2.17.